The summed E-state index contributed by atoms with van der Waals surface area (Å²) in [6, 6.07) is 1.89. The summed E-state index contributed by atoms with van der Waals surface area (Å²) in [7, 11) is 1.82. The first-order valence-corrected chi connectivity index (χ1v) is 4.21. The van der Waals surface area contributed by atoms with E-state index < -0.39 is 0 Å². The van der Waals surface area contributed by atoms with Gasteiger partial charge < -0.3 is 5.32 Å². The van der Waals surface area contributed by atoms with Crippen LogP contribution in [0.15, 0.2) is 6.07 Å². The molecule has 0 unspecified atom stereocenters. The van der Waals surface area contributed by atoms with Crippen LogP contribution in [0.1, 0.15) is 31.0 Å². The van der Waals surface area contributed by atoms with Crippen molar-refractivity contribution in [1.82, 2.24) is 10.2 Å². The van der Waals surface area contributed by atoms with Gasteiger partial charge in [-0.05, 0) is 17.9 Å². The van der Waals surface area contributed by atoms with Gasteiger partial charge in [0.1, 0.15) is 5.69 Å². The standard InChI is InChI=1S/C10H13N3/c1-5-8-6-9(7(2)3)10(11-4)13-12-8/h1,6-7H,2-4H3,(H,11,13). The highest BCUT2D eigenvalue weighted by atomic mass is 15.2. The Bertz CT molecular complexity index is 337. The molecule has 1 aromatic rings. The molecule has 0 aromatic carbocycles. The van der Waals surface area contributed by atoms with Gasteiger partial charge in [-0.3, -0.25) is 0 Å². The Morgan fingerprint density at radius 1 is 1.46 bits per heavy atom. The zero-order valence-electron chi connectivity index (χ0n) is 8.13. The number of aromatic nitrogens is 2. The van der Waals surface area contributed by atoms with Crippen molar-refractivity contribution in [2.45, 2.75) is 19.8 Å². The molecule has 0 aliphatic heterocycles. The lowest BCUT2D eigenvalue weighted by Crippen LogP contribution is -2.03. The van der Waals surface area contributed by atoms with E-state index in [-0.39, 0.29) is 0 Å². The first kappa shape index (κ1) is 9.53. The van der Waals surface area contributed by atoms with Gasteiger partial charge in [-0.2, -0.15) is 0 Å². The third kappa shape index (κ3) is 1.97. The summed E-state index contributed by atoms with van der Waals surface area (Å²) < 4.78 is 0. The lowest BCUT2D eigenvalue weighted by molar-refractivity contribution is 0.842. The van der Waals surface area contributed by atoms with Crippen molar-refractivity contribution in [2.75, 3.05) is 12.4 Å². The Hall–Kier alpha value is -1.56. The van der Waals surface area contributed by atoms with E-state index in [0.717, 1.165) is 11.4 Å². The van der Waals surface area contributed by atoms with Crippen molar-refractivity contribution >= 4 is 5.82 Å². The topological polar surface area (TPSA) is 37.8 Å². The maximum absolute atomic E-state index is 5.24. The number of hydrogen-bond donors (Lipinski definition) is 1. The molecule has 0 radical (unpaired) electrons. The Morgan fingerprint density at radius 2 is 2.15 bits per heavy atom. The van der Waals surface area contributed by atoms with Crippen LogP contribution in [0.3, 0.4) is 0 Å². The fourth-order valence-corrected chi connectivity index (χ4v) is 1.11. The van der Waals surface area contributed by atoms with E-state index in [1.807, 2.05) is 13.1 Å². The van der Waals surface area contributed by atoms with Crippen LogP contribution in [-0.2, 0) is 0 Å². The lowest BCUT2D eigenvalue weighted by atomic mass is 10.0. The number of nitrogens with zero attached hydrogens (tertiary/aromatic N) is 2. The minimum atomic E-state index is 0.394. The summed E-state index contributed by atoms with van der Waals surface area (Å²) >= 11 is 0. The predicted octanol–water partition coefficient (Wildman–Crippen LogP) is 1.62. The summed E-state index contributed by atoms with van der Waals surface area (Å²) in [6.07, 6.45) is 5.24. The largest absolute Gasteiger partial charge is 0.371 e. The fourth-order valence-electron chi connectivity index (χ4n) is 1.11. The molecule has 0 bridgehead atoms. The molecule has 13 heavy (non-hydrogen) atoms. The Balaban J connectivity index is 3.20. The molecule has 1 aromatic heterocycles. The highest BCUT2D eigenvalue weighted by Gasteiger charge is 2.07. The number of rotatable bonds is 2. The lowest BCUT2D eigenvalue weighted by Gasteiger charge is -2.09. The van der Waals surface area contributed by atoms with Gasteiger partial charge in [0.25, 0.3) is 0 Å². The highest BCUT2D eigenvalue weighted by Crippen LogP contribution is 2.21. The van der Waals surface area contributed by atoms with E-state index in [2.05, 4.69) is 35.3 Å². The van der Waals surface area contributed by atoms with Gasteiger partial charge in [0, 0.05) is 12.6 Å². The third-order valence-corrected chi connectivity index (χ3v) is 1.83. The molecular weight excluding hydrogens is 162 g/mol. The van der Waals surface area contributed by atoms with Crippen LogP contribution < -0.4 is 5.32 Å². The molecule has 1 heterocycles. The molecule has 3 nitrogen and oxygen atoms in total. The monoisotopic (exact) mass is 175 g/mol. The average Bonchev–Trinajstić information content (AvgIpc) is 2.16. The minimum Gasteiger partial charge on any atom is -0.371 e. The Morgan fingerprint density at radius 3 is 2.62 bits per heavy atom. The van der Waals surface area contributed by atoms with Crippen LogP contribution in [0.4, 0.5) is 5.82 Å². The summed E-state index contributed by atoms with van der Waals surface area (Å²) in [5, 5.41) is 10.8. The fraction of sp³-hybridized carbons (Fsp3) is 0.400. The second-order valence-corrected chi connectivity index (χ2v) is 3.08. The molecule has 1 rings (SSSR count). The Labute approximate surface area is 78.6 Å². The molecule has 0 fully saturated rings. The van der Waals surface area contributed by atoms with E-state index in [1.54, 1.807) is 0 Å². The second kappa shape index (κ2) is 3.90. The van der Waals surface area contributed by atoms with Crippen LogP contribution in [0.5, 0.6) is 0 Å². The van der Waals surface area contributed by atoms with Gasteiger partial charge >= 0.3 is 0 Å². The SMILES string of the molecule is C#Cc1cc(C(C)C)c(NC)nn1. The highest BCUT2D eigenvalue weighted by molar-refractivity contribution is 5.46. The molecule has 0 saturated carbocycles. The van der Waals surface area contributed by atoms with Crippen molar-refractivity contribution in [2.24, 2.45) is 0 Å². The van der Waals surface area contributed by atoms with Crippen LogP contribution in [0.2, 0.25) is 0 Å². The van der Waals surface area contributed by atoms with E-state index in [1.165, 1.54) is 0 Å². The van der Waals surface area contributed by atoms with Crippen molar-refractivity contribution in [3.8, 4) is 12.3 Å². The molecule has 1 N–H and O–H groups in total. The summed E-state index contributed by atoms with van der Waals surface area (Å²) in [5.41, 5.74) is 1.69. The second-order valence-electron chi connectivity index (χ2n) is 3.08. The number of nitrogens with one attached hydrogen (secondary N) is 1. The number of terminal acetylenes is 1. The maximum atomic E-state index is 5.24. The zero-order valence-corrected chi connectivity index (χ0v) is 8.13. The van der Waals surface area contributed by atoms with Gasteiger partial charge in [0.2, 0.25) is 0 Å². The van der Waals surface area contributed by atoms with E-state index >= 15 is 0 Å². The first-order chi connectivity index (χ1) is 6.19. The molecular formula is C10H13N3. The Kier molecular flexibility index (Phi) is 2.86. The van der Waals surface area contributed by atoms with Gasteiger partial charge in [0.05, 0.1) is 0 Å². The van der Waals surface area contributed by atoms with Gasteiger partial charge in [-0.1, -0.05) is 13.8 Å². The normalized spacial score (nSPS) is 9.77. The molecule has 3 heteroatoms. The average molecular weight is 175 g/mol. The van der Waals surface area contributed by atoms with E-state index in [0.29, 0.717) is 11.6 Å². The molecule has 0 aliphatic carbocycles. The molecule has 0 aliphatic rings. The summed E-state index contributed by atoms with van der Waals surface area (Å²) in [6.45, 7) is 4.19. The van der Waals surface area contributed by atoms with E-state index in [9.17, 15) is 0 Å². The molecule has 0 amide bonds. The zero-order chi connectivity index (χ0) is 9.84. The molecule has 68 valence electrons. The van der Waals surface area contributed by atoms with Crippen molar-refractivity contribution in [3.63, 3.8) is 0 Å². The quantitative estimate of drug-likeness (QED) is 0.694. The molecule has 0 saturated heterocycles. The van der Waals surface area contributed by atoms with E-state index in [4.69, 9.17) is 6.42 Å². The van der Waals surface area contributed by atoms with Crippen molar-refractivity contribution in [1.29, 1.82) is 0 Å². The van der Waals surface area contributed by atoms with Gasteiger partial charge in [0.15, 0.2) is 5.82 Å². The van der Waals surface area contributed by atoms with Crippen molar-refractivity contribution < 1.29 is 0 Å². The molecule has 0 atom stereocenters. The molecule has 0 spiro atoms. The van der Waals surface area contributed by atoms with Crippen LogP contribution in [-0.4, -0.2) is 17.2 Å². The maximum Gasteiger partial charge on any atom is 0.151 e. The third-order valence-electron chi connectivity index (χ3n) is 1.83. The first-order valence-electron chi connectivity index (χ1n) is 4.21. The van der Waals surface area contributed by atoms with Crippen molar-refractivity contribution in [3.05, 3.63) is 17.3 Å². The summed E-state index contributed by atoms with van der Waals surface area (Å²) in [5.74, 6) is 3.67. The van der Waals surface area contributed by atoms with Crippen LogP contribution >= 0.6 is 0 Å². The number of anilines is 1. The predicted molar refractivity (Wildman–Crippen MR) is 53.6 cm³/mol. The summed E-state index contributed by atoms with van der Waals surface area (Å²) in [4.78, 5) is 0. The van der Waals surface area contributed by atoms with Gasteiger partial charge in [-0.25, -0.2) is 0 Å². The number of hydrogen-bond acceptors (Lipinski definition) is 3. The van der Waals surface area contributed by atoms with Gasteiger partial charge in [-0.15, -0.1) is 16.6 Å². The smallest absolute Gasteiger partial charge is 0.151 e. The minimum absolute atomic E-state index is 0.394. The van der Waals surface area contributed by atoms with Crippen LogP contribution in [0.25, 0.3) is 0 Å². The van der Waals surface area contributed by atoms with Crippen LogP contribution in [0, 0.1) is 12.3 Å².